The third-order valence-electron chi connectivity index (χ3n) is 4.86. The number of aryl methyl sites for hydroxylation is 1. The van der Waals surface area contributed by atoms with Gasteiger partial charge < -0.3 is 0 Å². The fourth-order valence-electron chi connectivity index (χ4n) is 3.96. The van der Waals surface area contributed by atoms with Crippen LogP contribution >= 0.6 is 0 Å². The monoisotopic (exact) mass is 249 g/mol. The Morgan fingerprint density at radius 2 is 1.53 bits per heavy atom. The van der Waals surface area contributed by atoms with Gasteiger partial charge in [0.2, 0.25) is 0 Å². The quantitative estimate of drug-likeness (QED) is 0.690. The summed E-state index contributed by atoms with van der Waals surface area (Å²) >= 11 is 0. The van der Waals surface area contributed by atoms with Gasteiger partial charge in [-0.25, -0.2) is 0 Å². The molecule has 1 aliphatic heterocycles. The number of hydrogen-bond donors (Lipinski definition) is 0. The highest BCUT2D eigenvalue weighted by molar-refractivity contribution is 5.46. The molecular formula is C18H19N. The van der Waals surface area contributed by atoms with Gasteiger partial charge in [-0.1, -0.05) is 48.5 Å². The van der Waals surface area contributed by atoms with E-state index in [-0.39, 0.29) is 0 Å². The topological polar surface area (TPSA) is 3.24 Å². The van der Waals surface area contributed by atoms with Crippen molar-refractivity contribution in [1.82, 2.24) is 4.90 Å². The van der Waals surface area contributed by atoms with E-state index in [1.165, 1.54) is 18.4 Å². The van der Waals surface area contributed by atoms with Gasteiger partial charge in [-0.05, 0) is 42.1 Å². The SMILES string of the molecule is CN1Cc2ccccc2[C@@H]2c3ccccc3CC[C@@H]21. The Labute approximate surface area is 114 Å². The molecule has 2 atom stereocenters. The summed E-state index contributed by atoms with van der Waals surface area (Å²) in [4.78, 5) is 2.54. The standard InChI is InChI=1S/C18H19N/c1-19-12-14-7-3-5-9-16(14)18-15-8-4-2-6-13(15)10-11-17(18)19/h2-9,17-18H,10-12H2,1H3/t17-,18-/m0/s1. The van der Waals surface area contributed by atoms with Crippen LogP contribution in [0.5, 0.6) is 0 Å². The lowest BCUT2D eigenvalue weighted by Crippen LogP contribution is -2.43. The van der Waals surface area contributed by atoms with E-state index in [1.807, 2.05) is 0 Å². The summed E-state index contributed by atoms with van der Waals surface area (Å²) in [6, 6.07) is 18.7. The lowest BCUT2D eigenvalue weighted by Gasteiger charge is -2.44. The number of fused-ring (bicyclic) bond motifs is 5. The zero-order valence-corrected chi connectivity index (χ0v) is 11.3. The Bertz CT molecular complexity index is 617. The highest BCUT2D eigenvalue weighted by Gasteiger charge is 2.37. The normalized spacial score (nSPS) is 25.3. The van der Waals surface area contributed by atoms with Gasteiger partial charge in [-0.2, -0.15) is 0 Å². The van der Waals surface area contributed by atoms with Gasteiger partial charge in [0.05, 0.1) is 0 Å². The molecule has 1 heteroatoms. The van der Waals surface area contributed by atoms with E-state index < -0.39 is 0 Å². The van der Waals surface area contributed by atoms with Crippen LogP contribution in [0.2, 0.25) is 0 Å². The van der Waals surface area contributed by atoms with Crippen LogP contribution in [0.15, 0.2) is 48.5 Å². The molecule has 2 aromatic rings. The molecule has 2 aliphatic rings. The molecule has 1 nitrogen and oxygen atoms in total. The number of rotatable bonds is 0. The zero-order valence-electron chi connectivity index (χ0n) is 11.3. The summed E-state index contributed by atoms with van der Waals surface area (Å²) in [6.45, 7) is 1.10. The fourth-order valence-corrected chi connectivity index (χ4v) is 3.96. The molecular weight excluding hydrogens is 230 g/mol. The van der Waals surface area contributed by atoms with Crippen molar-refractivity contribution in [2.24, 2.45) is 0 Å². The lowest BCUT2D eigenvalue weighted by molar-refractivity contribution is 0.179. The number of benzene rings is 2. The van der Waals surface area contributed by atoms with E-state index in [0.29, 0.717) is 12.0 Å². The maximum atomic E-state index is 2.54. The molecule has 0 fully saturated rings. The molecule has 0 saturated carbocycles. The highest BCUT2D eigenvalue weighted by Crippen LogP contribution is 2.43. The molecule has 19 heavy (non-hydrogen) atoms. The third-order valence-corrected chi connectivity index (χ3v) is 4.86. The van der Waals surface area contributed by atoms with Gasteiger partial charge in [0.1, 0.15) is 0 Å². The minimum atomic E-state index is 0.569. The van der Waals surface area contributed by atoms with E-state index in [4.69, 9.17) is 0 Å². The molecule has 4 rings (SSSR count). The van der Waals surface area contributed by atoms with Crippen molar-refractivity contribution >= 4 is 0 Å². The Kier molecular flexibility index (Phi) is 2.49. The van der Waals surface area contributed by atoms with Crippen molar-refractivity contribution < 1.29 is 0 Å². The number of likely N-dealkylation sites (N-methyl/N-ethyl adjacent to an activating group) is 1. The van der Waals surface area contributed by atoms with Gasteiger partial charge in [-0.3, -0.25) is 4.90 Å². The van der Waals surface area contributed by atoms with Crippen LogP contribution in [0.1, 0.15) is 34.6 Å². The van der Waals surface area contributed by atoms with E-state index in [1.54, 1.807) is 16.7 Å². The van der Waals surface area contributed by atoms with E-state index in [2.05, 4.69) is 60.5 Å². The molecule has 0 bridgehead atoms. The predicted molar refractivity (Wildman–Crippen MR) is 78.3 cm³/mol. The van der Waals surface area contributed by atoms with Gasteiger partial charge in [-0.15, -0.1) is 0 Å². The first-order valence-corrected chi connectivity index (χ1v) is 7.20. The molecule has 1 aliphatic carbocycles. The van der Waals surface area contributed by atoms with Crippen molar-refractivity contribution in [2.75, 3.05) is 7.05 Å². The summed E-state index contributed by atoms with van der Waals surface area (Å²) in [6.07, 6.45) is 2.51. The first-order valence-electron chi connectivity index (χ1n) is 7.20. The molecule has 0 unspecified atom stereocenters. The van der Waals surface area contributed by atoms with Gasteiger partial charge in [0.25, 0.3) is 0 Å². The van der Waals surface area contributed by atoms with Crippen molar-refractivity contribution in [3.63, 3.8) is 0 Å². The summed E-state index contributed by atoms with van der Waals surface area (Å²) in [5.41, 5.74) is 6.16. The van der Waals surface area contributed by atoms with Gasteiger partial charge >= 0.3 is 0 Å². The minimum absolute atomic E-state index is 0.569. The molecule has 2 aromatic carbocycles. The molecule has 0 spiro atoms. The van der Waals surface area contributed by atoms with Crippen LogP contribution in [0, 0.1) is 0 Å². The molecule has 1 heterocycles. The first-order chi connectivity index (χ1) is 9.34. The molecule has 0 N–H and O–H groups in total. The van der Waals surface area contributed by atoms with Gasteiger partial charge in [0, 0.05) is 18.5 Å². The average molecular weight is 249 g/mol. The third kappa shape index (κ3) is 1.65. The molecule has 0 amide bonds. The highest BCUT2D eigenvalue weighted by atomic mass is 15.1. The Balaban J connectivity index is 1.93. The van der Waals surface area contributed by atoms with Crippen LogP contribution in [-0.4, -0.2) is 18.0 Å². The smallest absolute Gasteiger partial charge is 0.0251 e. The molecule has 0 aromatic heterocycles. The van der Waals surface area contributed by atoms with Crippen molar-refractivity contribution in [2.45, 2.75) is 31.3 Å². The summed E-state index contributed by atoms with van der Waals surface area (Å²) in [7, 11) is 2.28. The Hall–Kier alpha value is -1.60. The van der Waals surface area contributed by atoms with E-state index in [0.717, 1.165) is 6.54 Å². The molecule has 0 radical (unpaired) electrons. The number of hydrogen-bond acceptors (Lipinski definition) is 1. The van der Waals surface area contributed by atoms with Gasteiger partial charge in [0.15, 0.2) is 0 Å². The number of nitrogens with zero attached hydrogens (tertiary/aromatic N) is 1. The molecule has 0 saturated heterocycles. The lowest BCUT2D eigenvalue weighted by atomic mass is 9.72. The maximum absolute atomic E-state index is 2.54. The first kappa shape index (κ1) is 11.2. The maximum Gasteiger partial charge on any atom is 0.0251 e. The summed E-state index contributed by atoms with van der Waals surface area (Å²) in [5, 5.41) is 0. The van der Waals surface area contributed by atoms with Crippen LogP contribution in [0.3, 0.4) is 0 Å². The minimum Gasteiger partial charge on any atom is -0.298 e. The van der Waals surface area contributed by atoms with Crippen LogP contribution in [-0.2, 0) is 13.0 Å². The Morgan fingerprint density at radius 1 is 0.895 bits per heavy atom. The second-order valence-electron chi connectivity index (χ2n) is 5.90. The summed E-state index contributed by atoms with van der Waals surface area (Å²) in [5.74, 6) is 0.569. The largest absolute Gasteiger partial charge is 0.298 e. The van der Waals surface area contributed by atoms with Crippen LogP contribution in [0.4, 0.5) is 0 Å². The van der Waals surface area contributed by atoms with E-state index in [9.17, 15) is 0 Å². The van der Waals surface area contributed by atoms with Crippen LogP contribution in [0.25, 0.3) is 0 Å². The predicted octanol–water partition coefficient (Wildman–Crippen LogP) is 3.58. The molecule has 96 valence electrons. The van der Waals surface area contributed by atoms with Crippen molar-refractivity contribution in [1.29, 1.82) is 0 Å². The second kappa shape index (κ2) is 4.21. The Morgan fingerprint density at radius 3 is 2.32 bits per heavy atom. The van der Waals surface area contributed by atoms with Crippen molar-refractivity contribution in [3.05, 3.63) is 70.8 Å². The van der Waals surface area contributed by atoms with Crippen molar-refractivity contribution in [3.8, 4) is 0 Å². The van der Waals surface area contributed by atoms with Crippen LogP contribution < -0.4 is 0 Å². The van der Waals surface area contributed by atoms with E-state index >= 15 is 0 Å². The average Bonchev–Trinajstić information content (AvgIpc) is 2.47. The second-order valence-corrected chi connectivity index (χ2v) is 5.90. The zero-order chi connectivity index (χ0) is 12.8. The fraction of sp³-hybridized carbons (Fsp3) is 0.333. The summed E-state index contributed by atoms with van der Waals surface area (Å²) < 4.78 is 0.